The molecule has 0 atom stereocenters. The summed E-state index contributed by atoms with van der Waals surface area (Å²) < 4.78 is 7.99. The molecule has 0 saturated carbocycles. The van der Waals surface area contributed by atoms with Crippen LogP contribution in [0.4, 0.5) is 5.13 Å². The van der Waals surface area contributed by atoms with E-state index >= 15 is 0 Å². The maximum atomic E-state index is 12.4. The molecule has 7 heteroatoms. The molecule has 0 aromatic carbocycles. The number of hydrogen-bond acceptors (Lipinski definition) is 4. The van der Waals surface area contributed by atoms with Crippen LogP contribution in [-0.4, -0.2) is 15.5 Å². The quantitative estimate of drug-likeness (QED) is 0.704. The molecule has 3 heterocycles. The lowest BCUT2D eigenvalue weighted by molar-refractivity contribution is 0.101. The van der Waals surface area contributed by atoms with Crippen molar-refractivity contribution in [3.63, 3.8) is 0 Å². The number of fused-ring (bicyclic) bond motifs is 1. The van der Waals surface area contributed by atoms with Crippen molar-refractivity contribution < 1.29 is 9.21 Å². The van der Waals surface area contributed by atoms with E-state index in [4.69, 9.17) is 4.42 Å². The van der Waals surface area contributed by atoms with Gasteiger partial charge in [0, 0.05) is 24.1 Å². The van der Waals surface area contributed by atoms with E-state index < -0.39 is 0 Å². The van der Waals surface area contributed by atoms with Crippen LogP contribution in [0, 0.1) is 6.92 Å². The number of nitrogens with zero attached hydrogens (tertiary/aromatic N) is 2. The molecule has 1 amide bonds. The van der Waals surface area contributed by atoms with Gasteiger partial charge in [-0.3, -0.25) is 10.1 Å². The summed E-state index contributed by atoms with van der Waals surface area (Å²) in [5.41, 5.74) is 2.91. The number of aryl methyl sites for hydroxylation is 1. The van der Waals surface area contributed by atoms with Crippen LogP contribution in [0.25, 0.3) is 11.1 Å². The van der Waals surface area contributed by atoms with Gasteiger partial charge in [0.1, 0.15) is 5.69 Å². The van der Waals surface area contributed by atoms with Gasteiger partial charge in [-0.05, 0) is 22.9 Å². The molecule has 3 rings (SSSR count). The first-order valence-corrected chi connectivity index (χ1v) is 7.88. The van der Waals surface area contributed by atoms with Crippen LogP contribution in [0.1, 0.15) is 16.2 Å². The van der Waals surface area contributed by atoms with Crippen molar-refractivity contribution in [1.29, 1.82) is 0 Å². The summed E-state index contributed by atoms with van der Waals surface area (Å²) >= 11 is 4.69. The number of aromatic nitrogens is 2. The number of anilines is 1. The first-order chi connectivity index (χ1) is 10.1. The van der Waals surface area contributed by atoms with Crippen molar-refractivity contribution in [2.24, 2.45) is 0 Å². The number of amides is 1. The molecule has 1 N–H and O–H groups in total. The Morgan fingerprint density at radius 1 is 1.62 bits per heavy atom. The predicted molar refractivity (Wildman–Crippen MR) is 86.9 cm³/mol. The van der Waals surface area contributed by atoms with Crippen molar-refractivity contribution in [3.8, 4) is 0 Å². The number of carbonyl (C=O) groups excluding carboxylic acids is 1. The molecule has 0 bridgehead atoms. The van der Waals surface area contributed by atoms with E-state index in [1.165, 1.54) is 11.3 Å². The van der Waals surface area contributed by atoms with Gasteiger partial charge in [-0.1, -0.05) is 6.08 Å². The predicted octanol–water partition coefficient (Wildman–Crippen LogP) is 4.20. The third-order valence-electron chi connectivity index (χ3n) is 2.94. The van der Waals surface area contributed by atoms with Crippen LogP contribution in [0.3, 0.4) is 0 Å². The van der Waals surface area contributed by atoms with Gasteiger partial charge in [0.05, 0.1) is 11.2 Å². The Morgan fingerprint density at radius 2 is 2.43 bits per heavy atom. The van der Waals surface area contributed by atoms with Gasteiger partial charge in [0.15, 0.2) is 15.4 Å². The molecule has 0 saturated heterocycles. The number of nitrogens with one attached hydrogen (secondary N) is 1. The molecule has 5 nitrogen and oxygen atoms in total. The number of furan rings is 1. The Kier molecular flexibility index (Phi) is 3.69. The Morgan fingerprint density at radius 3 is 3.10 bits per heavy atom. The second kappa shape index (κ2) is 5.50. The fourth-order valence-electron chi connectivity index (χ4n) is 2.10. The van der Waals surface area contributed by atoms with Gasteiger partial charge in [0.25, 0.3) is 5.91 Å². The van der Waals surface area contributed by atoms with Gasteiger partial charge >= 0.3 is 0 Å². The highest BCUT2D eigenvalue weighted by molar-refractivity contribution is 9.10. The minimum Gasteiger partial charge on any atom is -0.448 e. The summed E-state index contributed by atoms with van der Waals surface area (Å²) in [4.78, 5) is 16.7. The first kappa shape index (κ1) is 14.1. The van der Waals surface area contributed by atoms with Crippen LogP contribution in [0.2, 0.25) is 0 Å². The maximum absolute atomic E-state index is 12.4. The maximum Gasteiger partial charge on any atom is 0.274 e. The summed E-state index contributed by atoms with van der Waals surface area (Å²) in [6, 6.07) is 3.56. The minimum absolute atomic E-state index is 0.214. The third-order valence-corrected chi connectivity index (χ3v) is 4.21. The van der Waals surface area contributed by atoms with Crippen LogP contribution in [0.5, 0.6) is 0 Å². The smallest absolute Gasteiger partial charge is 0.274 e. The first-order valence-electron chi connectivity index (χ1n) is 6.21. The number of halogens is 1. The van der Waals surface area contributed by atoms with E-state index in [-0.39, 0.29) is 5.91 Å². The van der Waals surface area contributed by atoms with Crippen LogP contribution >= 0.6 is 27.3 Å². The van der Waals surface area contributed by atoms with Crippen molar-refractivity contribution in [2.45, 2.75) is 13.5 Å². The summed E-state index contributed by atoms with van der Waals surface area (Å²) in [5.74, 6) is -0.214. The van der Waals surface area contributed by atoms with Crippen molar-refractivity contribution in [1.82, 2.24) is 9.55 Å². The summed E-state index contributed by atoms with van der Waals surface area (Å²) in [6.07, 6.45) is 1.74. The van der Waals surface area contributed by atoms with E-state index in [1.807, 2.05) is 22.9 Å². The Hall–Kier alpha value is -1.86. The Labute approximate surface area is 133 Å². The summed E-state index contributed by atoms with van der Waals surface area (Å²) in [5, 5.41) is 5.28. The van der Waals surface area contributed by atoms with Crippen molar-refractivity contribution in [2.75, 3.05) is 5.32 Å². The zero-order valence-electron chi connectivity index (χ0n) is 11.2. The summed E-state index contributed by atoms with van der Waals surface area (Å²) in [6.45, 7) is 6.14. The molecule has 0 spiro atoms. The Balaban J connectivity index is 1.98. The molecule has 108 valence electrons. The largest absolute Gasteiger partial charge is 0.448 e. The highest BCUT2D eigenvalue weighted by Crippen LogP contribution is 2.27. The highest BCUT2D eigenvalue weighted by Gasteiger charge is 2.18. The lowest BCUT2D eigenvalue weighted by Crippen LogP contribution is -2.16. The molecule has 3 aromatic rings. The molecule has 0 aliphatic rings. The van der Waals surface area contributed by atoms with Gasteiger partial charge in [-0.2, -0.15) is 0 Å². The minimum atomic E-state index is -0.214. The van der Waals surface area contributed by atoms with Gasteiger partial charge in [-0.15, -0.1) is 17.9 Å². The Bertz CT molecular complexity index is 831. The number of hydrogen-bond donors (Lipinski definition) is 1. The van der Waals surface area contributed by atoms with Gasteiger partial charge in [-0.25, -0.2) is 4.98 Å². The molecular formula is C14H12BrN3O2S. The monoisotopic (exact) mass is 365 g/mol. The zero-order chi connectivity index (χ0) is 15.0. The molecule has 0 fully saturated rings. The number of rotatable bonds is 4. The SMILES string of the molecule is C=CCn1c(C(=O)Nc2nc(C)cs2)cc2oc(Br)cc21. The number of carbonyl (C=O) groups is 1. The summed E-state index contributed by atoms with van der Waals surface area (Å²) in [7, 11) is 0. The normalized spacial score (nSPS) is 11.0. The van der Waals surface area contributed by atoms with Crippen molar-refractivity contribution >= 4 is 49.4 Å². The van der Waals surface area contributed by atoms with E-state index in [0.29, 0.717) is 27.6 Å². The second-order valence-corrected chi connectivity index (χ2v) is 6.12. The topological polar surface area (TPSA) is 60.1 Å². The molecule has 3 aromatic heterocycles. The fourth-order valence-corrected chi connectivity index (χ4v) is 3.17. The van der Waals surface area contributed by atoms with Gasteiger partial charge in [0.2, 0.25) is 0 Å². The molecule has 0 aliphatic carbocycles. The lowest BCUT2D eigenvalue weighted by atomic mass is 10.4. The van der Waals surface area contributed by atoms with Gasteiger partial charge < -0.3 is 8.98 Å². The van der Waals surface area contributed by atoms with E-state index in [0.717, 1.165) is 11.2 Å². The van der Waals surface area contributed by atoms with E-state index in [9.17, 15) is 4.79 Å². The zero-order valence-corrected chi connectivity index (χ0v) is 13.6. The number of thiazole rings is 1. The highest BCUT2D eigenvalue weighted by atomic mass is 79.9. The van der Waals surface area contributed by atoms with Crippen LogP contribution in [-0.2, 0) is 6.54 Å². The van der Waals surface area contributed by atoms with E-state index in [1.54, 1.807) is 12.1 Å². The second-order valence-electron chi connectivity index (χ2n) is 4.48. The molecule has 0 unspecified atom stereocenters. The molecule has 0 aliphatic heterocycles. The molecular weight excluding hydrogens is 354 g/mol. The van der Waals surface area contributed by atoms with Crippen molar-refractivity contribution in [3.05, 3.63) is 46.2 Å². The fraction of sp³-hybridized carbons (Fsp3) is 0.143. The average Bonchev–Trinajstić information content (AvgIpc) is 3.07. The third kappa shape index (κ3) is 2.66. The molecule has 21 heavy (non-hydrogen) atoms. The van der Waals surface area contributed by atoms with E-state index in [2.05, 4.69) is 32.8 Å². The molecule has 0 radical (unpaired) electrons. The lowest BCUT2D eigenvalue weighted by Gasteiger charge is -2.06. The standard InChI is InChI=1S/C14H12BrN3O2S/c1-3-4-18-9-6-12(15)20-11(9)5-10(18)13(19)17-14-16-8(2)7-21-14/h3,5-7H,1,4H2,2H3,(H,16,17,19). The number of allylic oxidation sites excluding steroid dienone is 1. The van der Waals surface area contributed by atoms with Crippen LogP contribution in [0.15, 0.2) is 39.3 Å². The average molecular weight is 366 g/mol. The van der Waals surface area contributed by atoms with Crippen LogP contribution < -0.4 is 5.32 Å².